The molecule has 1 heterocycles. The third-order valence-corrected chi connectivity index (χ3v) is 5.46. The van der Waals surface area contributed by atoms with E-state index in [9.17, 15) is 5.11 Å². The molecule has 19 heavy (non-hydrogen) atoms. The van der Waals surface area contributed by atoms with Gasteiger partial charge in [-0.3, -0.25) is 0 Å². The summed E-state index contributed by atoms with van der Waals surface area (Å²) in [6, 6.07) is 3.21. The second kappa shape index (κ2) is 6.20. The van der Waals surface area contributed by atoms with Crippen LogP contribution in [0.15, 0.2) is 6.07 Å². The molecule has 1 aromatic rings. The van der Waals surface area contributed by atoms with Crippen LogP contribution < -0.4 is 0 Å². The predicted octanol–water partition coefficient (Wildman–Crippen LogP) is 2.96. The van der Waals surface area contributed by atoms with Crippen LogP contribution in [0.2, 0.25) is 25.7 Å². The summed E-state index contributed by atoms with van der Waals surface area (Å²) in [7, 11) is -1.02. The molecule has 1 aliphatic carbocycles. The minimum Gasteiger partial charge on any atom is -0.390 e. The maximum Gasteiger partial charge on any atom is 0.139 e. The lowest BCUT2D eigenvalue weighted by molar-refractivity contribution is 0.0737. The van der Waals surface area contributed by atoms with Crippen LogP contribution in [0.3, 0.4) is 0 Å². The Hall–Kier alpha value is -0.653. The summed E-state index contributed by atoms with van der Waals surface area (Å²) in [5, 5.41) is 13.6. The first-order valence-electron chi connectivity index (χ1n) is 7.25. The molecule has 1 aromatic heterocycles. The minimum atomic E-state index is -1.02. The number of hydrogen-bond donors (Lipinski definition) is 1. The molecule has 1 aliphatic rings. The summed E-state index contributed by atoms with van der Waals surface area (Å²) in [6.07, 6.45) is 3.79. The van der Waals surface area contributed by atoms with E-state index in [-0.39, 0.29) is 6.61 Å². The number of aliphatic hydroxyl groups excluding tert-OH is 1. The number of aromatic nitrogens is 2. The van der Waals surface area contributed by atoms with Gasteiger partial charge in [0.2, 0.25) is 0 Å². The molecule has 0 radical (unpaired) electrons. The van der Waals surface area contributed by atoms with Gasteiger partial charge in [-0.1, -0.05) is 26.1 Å². The maximum atomic E-state index is 9.22. The van der Waals surface area contributed by atoms with E-state index >= 15 is 0 Å². The van der Waals surface area contributed by atoms with E-state index in [1.165, 1.54) is 31.0 Å². The number of rotatable bonds is 7. The molecule has 108 valence electrons. The molecule has 0 unspecified atom stereocenters. The molecule has 1 N–H and O–H groups in total. The van der Waals surface area contributed by atoms with Crippen molar-refractivity contribution in [3.05, 3.63) is 17.5 Å². The van der Waals surface area contributed by atoms with Crippen molar-refractivity contribution in [1.82, 2.24) is 9.78 Å². The van der Waals surface area contributed by atoms with E-state index < -0.39 is 8.07 Å². The number of hydrogen-bond acceptors (Lipinski definition) is 3. The van der Waals surface area contributed by atoms with Gasteiger partial charge in [-0.15, -0.1) is 0 Å². The van der Waals surface area contributed by atoms with Gasteiger partial charge >= 0.3 is 0 Å². The molecule has 1 saturated carbocycles. The standard InChI is InChI=1S/C14H26N2O2Si/c1-19(2,3)8-7-18-11-16-14(12-5-4-6-12)9-13(10-17)15-16/h9,12,17H,4-8,10-11H2,1-3H3. The average Bonchev–Trinajstić information content (AvgIpc) is 2.64. The molecule has 0 spiro atoms. The van der Waals surface area contributed by atoms with Crippen molar-refractivity contribution in [1.29, 1.82) is 0 Å². The van der Waals surface area contributed by atoms with Crippen molar-refractivity contribution in [2.24, 2.45) is 0 Å². The molecule has 5 heteroatoms. The van der Waals surface area contributed by atoms with Crippen molar-refractivity contribution >= 4 is 8.07 Å². The SMILES string of the molecule is C[Si](C)(C)CCOCn1nc(CO)cc1C1CCC1. The van der Waals surface area contributed by atoms with Gasteiger partial charge in [0, 0.05) is 26.3 Å². The molecular weight excluding hydrogens is 256 g/mol. The topological polar surface area (TPSA) is 47.3 Å². The fourth-order valence-electron chi connectivity index (χ4n) is 2.23. The molecule has 0 amide bonds. The second-order valence-electron chi connectivity index (χ2n) is 6.69. The summed E-state index contributed by atoms with van der Waals surface area (Å²) in [5.41, 5.74) is 2.00. The van der Waals surface area contributed by atoms with Crippen LogP contribution >= 0.6 is 0 Å². The summed E-state index contributed by atoms with van der Waals surface area (Å²) < 4.78 is 7.71. The molecule has 0 aromatic carbocycles. The highest BCUT2D eigenvalue weighted by atomic mass is 28.3. The van der Waals surface area contributed by atoms with Crippen molar-refractivity contribution in [2.75, 3.05) is 6.61 Å². The number of aliphatic hydroxyl groups is 1. The van der Waals surface area contributed by atoms with E-state index in [1.54, 1.807) is 0 Å². The second-order valence-corrected chi connectivity index (χ2v) is 12.3. The van der Waals surface area contributed by atoms with E-state index in [4.69, 9.17) is 4.74 Å². The lowest BCUT2D eigenvalue weighted by atomic mass is 9.83. The Morgan fingerprint density at radius 3 is 2.68 bits per heavy atom. The monoisotopic (exact) mass is 282 g/mol. The van der Waals surface area contributed by atoms with Crippen LogP contribution in [0, 0.1) is 0 Å². The Kier molecular flexibility index (Phi) is 4.81. The van der Waals surface area contributed by atoms with Crippen molar-refractivity contribution in [3.8, 4) is 0 Å². The number of nitrogens with zero attached hydrogens (tertiary/aromatic N) is 2. The predicted molar refractivity (Wildman–Crippen MR) is 78.8 cm³/mol. The van der Waals surface area contributed by atoms with E-state index in [2.05, 4.69) is 24.7 Å². The molecule has 0 bridgehead atoms. The fraction of sp³-hybridized carbons (Fsp3) is 0.786. The Morgan fingerprint density at radius 2 is 2.16 bits per heavy atom. The van der Waals surface area contributed by atoms with Crippen molar-refractivity contribution < 1.29 is 9.84 Å². The van der Waals surface area contributed by atoms with Gasteiger partial charge in [0.15, 0.2) is 0 Å². The molecule has 0 saturated heterocycles. The van der Waals surface area contributed by atoms with Gasteiger partial charge in [0.25, 0.3) is 0 Å². The first-order valence-corrected chi connectivity index (χ1v) is 11.0. The molecule has 0 aliphatic heterocycles. The van der Waals surface area contributed by atoms with Crippen LogP contribution in [-0.4, -0.2) is 29.6 Å². The van der Waals surface area contributed by atoms with Crippen LogP contribution in [0.1, 0.15) is 36.6 Å². The maximum absolute atomic E-state index is 9.22. The summed E-state index contributed by atoms with van der Waals surface area (Å²) in [5.74, 6) is 0.619. The zero-order valence-corrected chi connectivity index (χ0v) is 13.4. The lowest BCUT2D eigenvalue weighted by Crippen LogP contribution is -2.22. The molecule has 2 rings (SSSR count). The Labute approximate surface area is 116 Å². The van der Waals surface area contributed by atoms with Gasteiger partial charge in [0.1, 0.15) is 6.73 Å². The minimum absolute atomic E-state index is 0.0155. The third kappa shape index (κ3) is 4.16. The van der Waals surface area contributed by atoms with E-state index in [0.29, 0.717) is 12.6 Å². The summed E-state index contributed by atoms with van der Waals surface area (Å²) in [4.78, 5) is 0. The first kappa shape index (κ1) is 14.7. The van der Waals surface area contributed by atoms with E-state index in [0.717, 1.165) is 12.3 Å². The Morgan fingerprint density at radius 1 is 1.42 bits per heavy atom. The number of ether oxygens (including phenoxy) is 1. The average molecular weight is 282 g/mol. The van der Waals surface area contributed by atoms with Gasteiger partial charge < -0.3 is 9.84 Å². The highest BCUT2D eigenvalue weighted by Gasteiger charge is 2.24. The van der Waals surface area contributed by atoms with E-state index in [1.807, 2.05) is 10.7 Å². The molecule has 0 atom stereocenters. The zero-order valence-electron chi connectivity index (χ0n) is 12.4. The van der Waals surface area contributed by atoms with Gasteiger partial charge in [-0.05, 0) is 25.0 Å². The smallest absolute Gasteiger partial charge is 0.139 e. The fourth-order valence-corrected chi connectivity index (χ4v) is 2.99. The first-order chi connectivity index (χ1) is 8.99. The van der Waals surface area contributed by atoms with Crippen molar-refractivity contribution in [2.45, 2.75) is 64.2 Å². The van der Waals surface area contributed by atoms with Crippen LogP contribution in [0.25, 0.3) is 0 Å². The van der Waals surface area contributed by atoms with Crippen LogP contribution in [-0.2, 0) is 18.1 Å². The largest absolute Gasteiger partial charge is 0.390 e. The Bertz CT molecular complexity index is 408. The van der Waals surface area contributed by atoms with Crippen LogP contribution in [0.4, 0.5) is 0 Å². The zero-order chi connectivity index (χ0) is 13.9. The third-order valence-electron chi connectivity index (χ3n) is 3.76. The van der Waals surface area contributed by atoms with Gasteiger partial charge in [-0.25, -0.2) is 4.68 Å². The highest BCUT2D eigenvalue weighted by Crippen LogP contribution is 2.36. The molecule has 4 nitrogen and oxygen atoms in total. The molecule has 1 fully saturated rings. The summed E-state index contributed by atoms with van der Waals surface area (Å²) >= 11 is 0. The quantitative estimate of drug-likeness (QED) is 0.618. The highest BCUT2D eigenvalue weighted by molar-refractivity contribution is 6.76. The van der Waals surface area contributed by atoms with Crippen molar-refractivity contribution in [3.63, 3.8) is 0 Å². The van der Waals surface area contributed by atoms with Gasteiger partial charge in [0.05, 0.1) is 12.3 Å². The summed E-state index contributed by atoms with van der Waals surface area (Å²) in [6.45, 7) is 8.42. The molecular formula is C14H26N2O2Si. The Balaban J connectivity index is 1.89. The van der Waals surface area contributed by atoms with Gasteiger partial charge in [-0.2, -0.15) is 5.10 Å². The lowest BCUT2D eigenvalue weighted by Gasteiger charge is -2.26. The normalized spacial score (nSPS) is 16.6. The van der Waals surface area contributed by atoms with Crippen LogP contribution in [0.5, 0.6) is 0 Å².